The molecule has 1 aliphatic heterocycles. The summed E-state index contributed by atoms with van der Waals surface area (Å²) >= 11 is 5.64. The number of carbonyl (C=O) groups is 1. The highest BCUT2D eigenvalue weighted by Gasteiger charge is 2.24. The zero-order valence-electron chi connectivity index (χ0n) is 13.6. The van der Waals surface area contributed by atoms with Gasteiger partial charge in [-0.05, 0) is 53.1 Å². The first-order valence-corrected chi connectivity index (χ1v) is 8.51. The monoisotopic (exact) mass is 375 g/mol. The second-order valence-corrected chi connectivity index (χ2v) is 6.56. The van der Waals surface area contributed by atoms with Crippen molar-refractivity contribution in [1.82, 2.24) is 30.6 Å². The third-order valence-corrected chi connectivity index (χ3v) is 4.70. The topological polar surface area (TPSA) is 88.3 Å². The second-order valence-electron chi connectivity index (χ2n) is 6.16. The Morgan fingerprint density at radius 1 is 1.35 bits per heavy atom. The number of carbonyl (C=O) groups excluding carboxylic acids is 1. The van der Waals surface area contributed by atoms with Gasteiger partial charge in [0.05, 0.1) is 5.02 Å². The molecule has 3 aromatic rings. The molecule has 1 aromatic carbocycles. The molecule has 0 bridgehead atoms. The van der Waals surface area contributed by atoms with E-state index in [1.807, 2.05) is 12.1 Å². The van der Waals surface area contributed by atoms with Crippen molar-refractivity contribution in [3.63, 3.8) is 0 Å². The van der Waals surface area contributed by atoms with E-state index in [1.165, 1.54) is 16.8 Å². The molecule has 1 atom stereocenters. The summed E-state index contributed by atoms with van der Waals surface area (Å²) in [6, 6.07) is 7.72. The highest BCUT2D eigenvalue weighted by atomic mass is 35.5. The van der Waals surface area contributed by atoms with Crippen LogP contribution in [0.5, 0.6) is 0 Å². The predicted octanol–water partition coefficient (Wildman–Crippen LogP) is 1.57. The zero-order valence-corrected chi connectivity index (χ0v) is 14.4. The summed E-state index contributed by atoms with van der Waals surface area (Å²) in [5.41, 5.74) is 0.847. The summed E-state index contributed by atoms with van der Waals surface area (Å²) < 4.78 is 14.9. The summed E-state index contributed by atoms with van der Waals surface area (Å²) in [6.45, 7) is 2.10. The SMILES string of the molecule is O=C(NCC1CCN(c2ccc3nnnn3n2)C1)c1ccc(Cl)c(F)c1. The lowest BCUT2D eigenvalue weighted by atomic mass is 10.1. The summed E-state index contributed by atoms with van der Waals surface area (Å²) in [7, 11) is 0. The van der Waals surface area contributed by atoms with E-state index >= 15 is 0 Å². The molecule has 1 N–H and O–H groups in total. The average Bonchev–Trinajstić information content (AvgIpc) is 3.30. The van der Waals surface area contributed by atoms with Crippen molar-refractivity contribution in [1.29, 1.82) is 0 Å². The van der Waals surface area contributed by atoms with Crippen molar-refractivity contribution in [2.75, 3.05) is 24.5 Å². The molecule has 10 heteroatoms. The molecule has 1 saturated heterocycles. The van der Waals surface area contributed by atoms with E-state index < -0.39 is 5.82 Å². The Bertz CT molecular complexity index is 963. The van der Waals surface area contributed by atoms with E-state index in [9.17, 15) is 9.18 Å². The molecule has 0 aliphatic carbocycles. The fourth-order valence-corrected chi connectivity index (χ4v) is 3.11. The fourth-order valence-electron chi connectivity index (χ4n) is 2.99. The minimum atomic E-state index is -0.601. The molecule has 1 amide bonds. The first-order valence-electron chi connectivity index (χ1n) is 8.14. The van der Waals surface area contributed by atoms with E-state index in [0.29, 0.717) is 12.2 Å². The number of benzene rings is 1. The Morgan fingerprint density at radius 2 is 2.23 bits per heavy atom. The maximum atomic E-state index is 13.5. The van der Waals surface area contributed by atoms with Gasteiger partial charge < -0.3 is 10.2 Å². The number of hydrogen-bond donors (Lipinski definition) is 1. The molecule has 1 fully saturated rings. The number of hydrogen-bond acceptors (Lipinski definition) is 6. The number of aromatic nitrogens is 5. The minimum absolute atomic E-state index is 0.0000330. The number of nitrogens with one attached hydrogen (secondary N) is 1. The van der Waals surface area contributed by atoms with Gasteiger partial charge in [0, 0.05) is 25.2 Å². The lowest BCUT2D eigenvalue weighted by Gasteiger charge is -2.17. The smallest absolute Gasteiger partial charge is 0.251 e. The molecule has 0 saturated carbocycles. The van der Waals surface area contributed by atoms with Crippen LogP contribution in [0.25, 0.3) is 5.65 Å². The molecule has 26 heavy (non-hydrogen) atoms. The molecule has 3 heterocycles. The van der Waals surface area contributed by atoms with Gasteiger partial charge in [-0.1, -0.05) is 11.6 Å². The van der Waals surface area contributed by atoms with Crippen molar-refractivity contribution >= 4 is 29.0 Å². The lowest BCUT2D eigenvalue weighted by molar-refractivity contribution is 0.0948. The summed E-state index contributed by atoms with van der Waals surface area (Å²) in [5, 5.41) is 18.4. The third-order valence-electron chi connectivity index (χ3n) is 4.40. The Morgan fingerprint density at radius 3 is 3.08 bits per heavy atom. The Labute approximate surface area is 152 Å². The van der Waals surface area contributed by atoms with Crippen molar-refractivity contribution in [3.05, 3.63) is 46.7 Å². The summed E-state index contributed by atoms with van der Waals surface area (Å²) in [6.07, 6.45) is 0.921. The van der Waals surface area contributed by atoms with Crippen molar-refractivity contribution in [2.24, 2.45) is 5.92 Å². The van der Waals surface area contributed by atoms with E-state index in [4.69, 9.17) is 11.6 Å². The number of fused-ring (bicyclic) bond motifs is 1. The van der Waals surface area contributed by atoms with Crippen LogP contribution in [-0.2, 0) is 0 Å². The van der Waals surface area contributed by atoms with Crippen molar-refractivity contribution < 1.29 is 9.18 Å². The normalized spacial score (nSPS) is 17.0. The number of halogens is 2. The fraction of sp³-hybridized carbons (Fsp3) is 0.312. The standard InChI is InChI=1S/C16H15ClFN7O/c17-12-2-1-11(7-13(12)18)16(26)19-8-10-5-6-24(9-10)15-4-3-14-20-22-23-25(14)21-15/h1-4,7,10H,5-6,8-9H2,(H,19,26). The van der Waals surface area contributed by atoms with Gasteiger partial charge in [-0.3, -0.25) is 4.79 Å². The second kappa shape index (κ2) is 6.83. The molecular weight excluding hydrogens is 361 g/mol. The van der Waals surface area contributed by atoms with Crippen LogP contribution in [0.3, 0.4) is 0 Å². The minimum Gasteiger partial charge on any atom is -0.355 e. The number of rotatable bonds is 4. The van der Waals surface area contributed by atoms with Gasteiger partial charge in [0.2, 0.25) is 0 Å². The first kappa shape index (κ1) is 16.6. The van der Waals surface area contributed by atoms with Gasteiger partial charge in [0.25, 0.3) is 5.91 Å². The quantitative estimate of drug-likeness (QED) is 0.744. The van der Waals surface area contributed by atoms with Crippen LogP contribution in [0.1, 0.15) is 16.8 Å². The van der Waals surface area contributed by atoms with E-state index in [-0.39, 0.29) is 22.4 Å². The predicted molar refractivity (Wildman–Crippen MR) is 92.6 cm³/mol. The van der Waals surface area contributed by atoms with Crippen molar-refractivity contribution in [3.8, 4) is 0 Å². The van der Waals surface area contributed by atoms with Crippen LogP contribution in [0.4, 0.5) is 10.2 Å². The van der Waals surface area contributed by atoms with Crippen LogP contribution < -0.4 is 10.2 Å². The van der Waals surface area contributed by atoms with Crippen LogP contribution in [0.15, 0.2) is 30.3 Å². The number of amides is 1. The molecule has 0 radical (unpaired) electrons. The molecule has 0 spiro atoms. The van der Waals surface area contributed by atoms with Crippen LogP contribution in [0.2, 0.25) is 5.02 Å². The average molecular weight is 376 g/mol. The van der Waals surface area contributed by atoms with Crippen LogP contribution in [-0.4, -0.2) is 50.8 Å². The molecule has 1 unspecified atom stereocenters. The lowest BCUT2D eigenvalue weighted by Crippen LogP contribution is -2.31. The van der Waals surface area contributed by atoms with Gasteiger partial charge in [-0.15, -0.1) is 14.8 Å². The van der Waals surface area contributed by atoms with E-state index in [2.05, 4.69) is 30.8 Å². The largest absolute Gasteiger partial charge is 0.355 e. The number of anilines is 1. The maximum Gasteiger partial charge on any atom is 0.251 e. The van der Waals surface area contributed by atoms with Crippen LogP contribution >= 0.6 is 11.6 Å². The summed E-state index contributed by atoms with van der Waals surface area (Å²) in [5.74, 6) is 0.156. The Balaban J connectivity index is 1.35. The molecule has 1 aliphatic rings. The Hall–Kier alpha value is -2.81. The van der Waals surface area contributed by atoms with Crippen molar-refractivity contribution in [2.45, 2.75) is 6.42 Å². The number of nitrogens with zero attached hydrogens (tertiary/aromatic N) is 6. The molecule has 2 aromatic heterocycles. The van der Waals surface area contributed by atoms with Gasteiger partial charge in [-0.25, -0.2) is 4.39 Å². The highest BCUT2D eigenvalue weighted by Crippen LogP contribution is 2.22. The van der Waals surface area contributed by atoms with E-state index in [1.54, 1.807) is 0 Å². The van der Waals surface area contributed by atoms with Crippen LogP contribution in [0, 0.1) is 11.7 Å². The summed E-state index contributed by atoms with van der Waals surface area (Å²) in [4.78, 5) is 14.3. The van der Waals surface area contributed by atoms with Gasteiger partial charge in [0.15, 0.2) is 11.5 Å². The molecule has 4 rings (SSSR count). The van der Waals surface area contributed by atoms with Gasteiger partial charge >= 0.3 is 0 Å². The number of tetrazole rings is 1. The van der Waals surface area contributed by atoms with Gasteiger partial charge in [-0.2, -0.15) is 0 Å². The van der Waals surface area contributed by atoms with Gasteiger partial charge in [0.1, 0.15) is 5.82 Å². The molecular formula is C16H15ClFN7O. The highest BCUT2D eigenvalue weighted by molar-refractivity contribution is 6.30. The van der Waals surface area contributed by atoms with E-state index in [0.717, 1.165) is 31.4 Å². The molecule has 134 valence electrons. The zero-order chi connectivity index (χ0) is 18.1. The molecule has 8 nitrogen and oxygen atoms in total. The Kier molecular flexibility index (Phi) is 4.37. The first-order chi connectivity index (χ1) is 12.6. The third kappa shape index (κ3) is 3.30. The maximum absolute atomic E-state index is 13.5.